The van der Waals surface area contributed by atoms with E-state index in [2.05, 4.69) is 21.8 Å². The fourth-order valence-electron chi connectivity index (χ4n) is 3.13. The first-order valence-electron chi connectivity index (χ1n) is 8.28. The molecule has 0 spiro atoms. The number of halogens is 1. The Kier molecular flexibility index (Phi) is 4.64. The Bertz CT molecular complexity index is 1040. The number of hydrogen-bond acceptors (Lipinski definition) is 6. The molecule has 26 heavy (non-hydrogen) atoms. The monoisotopic (exact) mass is 407 g/mol. The van der Waals surface area contributed by atoms with Crippen LogP contribution in [0.1, 0.15) is 0 Å². The number of thiophene rings is 1. The van der Waals surface area contributed by atoms with Crippen LogP contribution in [0, 0.1) is 0 Å². The topological polar surface area (TPSA) is 53.5 Å². The highest BCUT2D eigenvalue weighted by Gasteiger charge is 2.30. The minimum atomic E-state index is -3.65. The van der Waals surface area contributed by atoms with E-state index in [1.165, 1.54) is 11.3 Å². The number of rotatable bonds is 3. The average molecular weight is 408 g/mol. The third kappa shape index (κ3) is 3.09. The summed E-state index contributed by atoms with van der Waals surface area (Å²) in [6.07, 6.45) is 1.70. The highest BCUT2D eigenvalue weighted by atomic mass is 35.5. The van der Waals surface area contributed by atoms with Crippen molar-refractivity contribution in [3.8, 4) is 0 Å². The van der Waals surface area contributed by atoms with Gasteiger partial charge in [-0.3, -0.25) is 0 Å². The summed E-state index contributed by atoms with van der Waals surface area (Å²) >= 11 is 7.16. The summed E-state index contributed by atoms with van der Waals surface area (Å²) in [5.41, 5.74) is 0.779. The molecule has 0 radical (unpaired) electrons. The minimum Gasteiger partial charge on any atom is -0.367 e. The van der Waals surface area contributed by atoms with E-state index in [-0.39, 0.29) is 4.90 Å². The molecule has 0 bridgehead atoms. The fraction of sp³-hybridized carbons (Fsp3) is 0.278. The number of benzene rings is 1. The van der Waals surface area contributed by atoms with Crippen molar-refractivity contribution in [2.24, 2.45) is 0 Å². The van der Waals surface area contributed by atoms with Crippen LogP contribution in [0.4, 0.5) is 5.69 Å². The van der Waals surface area contributed by atoms with Crippen molar-refractivity contribution in [2.75, 3.05) is 38.1 Å². The molecule has 3 aromatic rings. The Morgan fingerprint density at radius 2 is 1.77 bits per heavy atom. The Morgan fingerprint density at radius 1 is 1.08 bits per heavy atom. The number of likely N-dealkylation sites (N-methyl/N-ethyl adjacent to an activating group) is 1. The second kappa shape index (κ2) is 6.81. The predicted octanol–water partition coefficient (Wildman–Crippen LogP) is 3.53. The van der Waals surface area contributed by atoms with Gasteiger partial charge in [-0.25, -0.2) is 13.4 Å². The van der Waals surface area contributed by atoms with E-state index in [1.54, 1.807) is 30.5 Å². The number of aromatic nitrogens is 1. The molecule has 0 unspecified atom stereocenters. The predicted molar refractivity (Wildman–Crippen MR) is 106 cm³/mol. The largest absolute Gasteiger partial charge is 0.367 e. The van der Waals surface area contributed by atoms with Crippen LogP contribution < -0.4 is 4.90 Å². The van der Waals surface area contributed by atoms with Crippen LogP contribution in [0.15, 0.2) is 51.7 Å². The Balaban J connectivity index is 1.89. The molecule has 5 nitrogen and oxygen atoms in total. The molecule has 1 saturated heterocycles. The van der Waals surface area contributed by atoms with Crippen LogP contribution in [0.2, 0.25) is 5.02 Å². The molecule has 2 aromatic heterocycles. The molecule has 1 aliphatic rings. The van der Waals surface area contributed by atoms with E-state index in [0.717, 1.165) is 42.1 Å². The van der Waals surface area contributed by atoms with Gasteiger partial charge >= 0.3 is 0 Å². The van der Waals surface area contributed by atoms with Crippen LogP contribution in [0.3, 0.4) is 0 Å². The number of fused-ring (bicyclic) bond motifs is 1. The lowest BCUT2D eigenvalue weighted by molar-refractivity contribution is 0.312. The fourth-order valence-corrected chi connectivity index (χ4v) is 6.32. The molecule has 4 rings (SSSR count). The first-order chi connectivity index (χ1) is 12.5. The third-order valence-corrected chi connectivity index (χ3v) is 8.23. The smallest absolute Gasteiger partial charge is 0.218 e. The second-order valence-corrected chi connectivity index (χ2v) is 9.92. The van der Waals surface area contributed by atoms with E-state index in [0.29, 0.717) is 9.23 Å². The number of nitrogens with zero attached hydrogens (tertiary/aromatic N) is 3. The molecule has 8 heteroatoms. The lowest BCUT2D eigenvalue weighted by Gasteiger charge is -2.34. The Hall–Kier alpha value is -1.67. The zero-order valence-electron chi connectivity index (χ0n) is 14.2. The third-order valence-electron chi connectivity index (χ3n) is 4.60. The molecule has 0 N–H and O–H groups in total. The summed E-state index contributed by atoms with van der Waals surface area (Å²) in [5, 5.41) is 1.41. The van der Waals surface area contributed by atoms with Gasteiger partial charge in [0.25, 0.3) is 0 Å². The molecule has 3 heterocycles. The lowest BCUT2D eigenvalue weighted by atomic mass is 10.2. The maximum atomic E-state index is 13.3. The second-order valence-electron chi connectivity index (χ2n) is 6.34. The maximum absolute atomic E-state index is 13.3. The zero-order chi connectivity index (χ0) is 18.3. The molecule has 0 atom stereocenters. The van der Waals surface area contributed by atoms with Crippen molar-refractivity contribution in [3.63, 3.8) is 0 Å². The van der Waals surface area contributed by atoms with Gasteiger partial charge in [0.2, 0.25) is 9.84 Å². The lowest BCUT2D eigenvalue weighted by Crippen LogP contribution is -2.44. The van der Waals surface area contributed by atoms with Gasteiger partial charge in [-0.15, -0.1) is 11.3 Å². The van der Waals surface area contributed by atoms with Gasteiger partial charge in [-0.2, -0.15) is 0 Å². The minimum absolute atomic E-state index is 0.254. The molecule has 0 aliphatic carbocycles. The first kappa shape index (κ1) is 17.7. The van der Waals surface area contributed by atoms with Gasteiger partial charge in [0.1, 0.15) is 4.83 Å². The molecule has 1 fully saturated rings. The van der Waals surface area contributed by atoms with Crippen molar-refractivity contribution < 1.29 is 8.42 Å². The summed E-state index contributed by atoms with van der Waals surface area (Å²) in [6, 6.07) is 10.1. The van der Waals surface area contributed by atoms with Crippen molar-refractivity contribution in [2.45, 2.75) is 9.10 Å². The van der Waals surface area contributed by atoms with Gasteiger partial charge in [0.15, 0.2) is 4.21 Å². The van der Waals surface area contributed by atoms with Crippen molar-refractivity contribution in [1.29, 1.82) is 0 Å². The van der Waals surface area contributed by atoms with Crippen LogP contribution in [0.5, 0.6) is 0 Å². The average Bonchev–Trinajstić information content (AvgIpc) is 3.03. The maximum Gasteiger partial charge on any atom is 0.218 e. The van der Waals surface area contributed by atoms with Crippen LogP contribution in [0.25, 0.3) is 10.2 Å². The van der Waals surface area contributed by atoms with Crippen LogP contribution in [-0.4, -0.2) is 51.5 Å². The zero-order valence-corrected chi connectivity index (χ0v) is 16.6. The first-order valence-corrected chi connectivity index (χ1v) is 11.0. The highest BCUT2D eigenvalue weighted by Crippen LogP contribution is 2.43. The van der Waals surface area contributed by atoms with Crippen LogP contribution in [-0.2, 0) is 9.84 Å². The summed E-state index contributed by atoms with van der Waals surface area (Å²) in [4.78, 5) is 9.80. The number of sulfone groups is 1. The van der Waals surface area contributed by atoms with Gasteiger partial charge < -0.3 is 9.80 Å². The van der Waals surface area contributed by atoms with Crippen molar-refractivity contribution in [3.05, 3.63) is 47.6 Å². The summed E-state index contributed by atoms with van der Waals surface area (Å²) in [5.74, 6) is 0. The van der Waals surface area contributed by atoms with Gasteiger partial charge in [-0.1, -0.05) is 11.6 Å². The number of anilines is 1. The molecule has 1 aliphatic heterocycles. The van der Waals surface area contributed by atoms with Gasteiger partial charge in [-0.05, 0) is 43.4 Å². The summed E-state index contributed by atoms with van der Waals surface area (Å²) in [6.45, 7) is 3.39. The van der Waals surface area contributed by atoms with E-state index < -0.39 is 9.84 Å². The number of hydrogen-bond donors (Lipinski definition) is 0. The van der Waals surface area contributed by atoms with Crippen LogP contribution >= 0.6 is 22.9 Å². The van der Waals surface area contributed by atoms with E-state index in [9.17, 15) is 8.42 Å². The van der Waals surface area contributed by atoms with E-state index in [1.807, 2.05) is 12.1 Å². The Labute approximate surface area is 161 Å². The molecule has 0 saturated carbocycles. The van der Waals surface area contributed by atoms with E-state index >= 15 is 0 Å². The summed E-state index contributed by atoms with van der Waals surface area (Å²) < 4.78 is 27.0. The number of pyridine rings is 1. The van der Waals surface area contributed by atoms with Gasteiger partial charge in [0, 0.05) is 42.8 Å². The molecule has 1 aromatic carbocycles. The van der Waals surface area contributed by atoms with Crippen molar-refractivity contribution in [1.82, 2.24) is 9.88 Å². The summed E-state index contributed by atoms with van der Waals surface area (Å²) in [7, 11) is -1.57. The molecule has 136 valence electrons. The normalized spacial score (nSPS) is 16.3. The quantitative estimate of drug-likeness (QED) is 0.664. The SMILES string of the molecule is CN1CCN(c2c(S(=O)(=O)c3ccc(Cl)cc3)sc3ncccc23)CC1. The standard InChI is InChI=1S/C18H18ClN3O2S2/c1-21-9-11-22(12-10-21)16-15-3-2-8-20-17(15)25-18(16)26(23,24)14-6-4-13(19)5-7-14/h2-8H,9-12H2,1H3. The van der Waals surface area contributed by atoms with Crippen molar-refractivity contribution >= 4 is 48.7 Å². The van der Waals surface area contributed by atoms with E-state index in [4.69, 9.17) is 11.6 Å². The van der Waals surface area contributed by atoms with Gasteiger partial charge in [0.05, 0.1) is 10.6 Å². The molecule has 0 amide bonds. The molecular formula is C18H18ClN3O2S2. The molecular weight excluding hydrogens is 390 g/mol. The Morgan fingerprint density at radius 3 is 2.46 bits per heavy atom. The number of piperazine rings is 1. The highest BCUT2D eigenvalue weighted by molar-refractivity contribution is 7.93.